The Morgan fingerprint density at radius 3 is 2.14 bits per heavy atom. The second-order valence-corrected chi connectivity index (χ2v) is 9.30. The number of hydrogen-bond donors (Lipinski definition) is 2. The van der Waals surface area contributed by atoms with Crippen LogP contribution in [0.15, 0.2) is 48.5 Å². The molecule has 2 rings (SSSR count). The highest BCUT2D eigenvalue weighted by Crippen LogP contribution is 2.12. The molecule has 0 bridgehead atoms. The standard InChI is InChI=1S/C21H27ClN2O3S/c1-16(2)24-28(26,27)15-19-8-6-18(7-9-19)14-23-21(25)5-3-4-17-10-12-20(22)13-11-17/h6-13,16,24H,3-5,14-15H2,1-2H3,(H,23,25). The third kappa shape index (κ3) is 8.42. The number of carbonyl (C=O) groups excluding carboxylic acids is 1. The maximum Gasteiger partial charge on any atom is 0.220 e. The molecule has 2 aromatic carbocycles. The van der Waals surface area contributed by atoms with Gasteiger partial charge in [-0.05, 0) is 55.5 Å². The Kier molecular flexibility index (Phi) is 8.48. The molecule has 152 valence electrons. The number of benzene rings is 2. The largest absolute Gasteiger partial charge is 0.352 e. The molecule has 0 aliphatic heterocycles. The van der Waals surface area contributed by atoms with Crippen molar-refractivity contribution in [2.24, 2.45) is 0 Å². The fourth-order valence-electron chi connectivity index (χ4n) is 2.77. The lowest BCUT2D eigenvalue weighted by Gasteiger charge is -2.10. The Morgan fingerprint density at radius 2 is 1.54 bits per heavy atom. The molecule has 28 heavy (non-hydrogen) atoms. The Morgan fingerprint density at radius 1 is 0.964 bits per heavy atom. The summed E-state index contributed by atoms with van der Waals surface area (Å²) in [5.41, 5.74) is 2.81. The quantitative estimate of drug-likeness (QED) is 0.611. The number of nitrogens with one attached hydrogen (secondary N) is 2. The number of hydrogen-bond acceptors (Lipinski definition) is 3. The van der Waals surface area contributed by atoms with E-state index in [9.17, 15) is 13.2 Å². The predicted molar refractivity (Wildman–Crippen MR) is 114 cm³/mol. The van der Waals surface area contributed by atoms with Crippen LogP contribution in [0.25, 0.3) is 0 Å². The van der Waals surface area contributed by atoms with Crippen LogP contribution in [0.1, 0.15) is 43.4 Å². The van der Waals surface area contributed by atoms with Gasteiger partial charge in [-0.1, -0.05) is 48.0 Å². The van der Waals surface area contributed by atoms with E-state index < -0.39 is 10.0 Å². The van der Waals surface area contributed by atoms with Gasteiger partial charge in [0.15, 0.2) is 0 Å². The molecular weight excluding hydrogens is 396 g/mol. The summed E-state index contributed by atoms with van der Waals surface area (Å²) in [6.45, 7) is 4.01. The van der Waals surface area contributed by atoms with Gasteiger partial charge in [-0.3, -0.25) is 4.79 Å². The SMILES string of the molecule is CC(C)NS(=O)(=O)Cc1ccc(CNC(=O)CCCc2ccc(Cl)cc2)cc1. The Labute approximate surface area is 172 Å². The summed E-state index contributed by atoms with van der Waals surface area (Å²) in [4.78, 5) is 12.0. The highest BCUT2D eigenvalue weighted by Gasteiger charge is 2.12. The second kappa shape index (κ2) is 10.6. The molecule has 0 saturated heterocycles. The summed E-state index contributed by atoms with van der Waals surface area (Å²) >= 11 is 5.86. The highest BCUT2D eigenvalue weighted by molar-refractivity contribution is 7.88. The van der Waals surface area contributed by atoms with Crippen molar-refractivity contribution < 1.29 is 13.2 Å². The molecular formula is C21H27ClN2O3S. The maximum atomic E-state index is 12.0. The molecule has 2 aromatic rings. The monoisotopic (exact) mass is 422 g/mol. The first kappa shape index (κ1) is 22.4. The van der Waals surface area contributed by atoms with Gasteiger partial charge in [0, 0.05) is 24.0 Å². The van der Waals surface area contributed by atoms with Crippen LogP contribution in [0.5, 0.6) is 0 Å². The van der Waals surface area contributed by atoms with Gasteiger partial charge < -0.3 is 5.32 Å². The minimum absolute atomic E-state index is 0.00162. The van der Waals surface area contributed by atoms with Gasteiger partial charge in [0.25, 0.3) is 0 Å². The second-order valence-electron chi connectivity index (χ2n) is 7.10. The van der Waals surface area contributed by atoms with E-state index in [0.717, 1.165) is 24.0 Å². The lowest BCUT2D eigenvalue weighted by atomic mass is 10.1. The van der Waals surface area contributed by atoms with Crippen molar-refractivity contribution >= 4 is 27.5 Å². The van der Waals surface area contributed by atoms with Gasteiger partial charge in [-0.15, -0.1) is 0 Å². The van der Waals surface area contributed by atoms with Crippen molar-refractivity contribution in [1.29, 1.82) is 0 Å². The average molecular weight is 423 g/mol. The van der Waals surface area contributed by atoms with Gasteiger partial charge in [-0.25, -0.2) is 13.1 Å². The van der Waals surface area contributed by atoms with Crippen molar-refractivity contribution in [2.75, 3.05) is 0 Å². The van der Waals surface area contributed by atoms with E-state index in [2.05, 4.69) is 10.0 Å². The van der Waals surface area contributed by atoms with E-state index in [0.29, 0.717) is 23.6 Å². The Balaban J connectivity index is 1.73. The number of aryl methyl sites for hydroxylation is 1. The number of carbonyl (C=O) groups is 1. The normalized spacial score (nSPS) is 11.6. The molecule has 0 aliphatic rings. The van der Waals surface area contributed by atoms with Gasteiger partial charge in [0.2, 0.25) is 15.9 Å². The molecule has 0 fully saturated rings. The van der Waals surface area contributed by atoms with Crippen molar-refractivity contribution in [3.63, 3.8) is 0 Å². The zero-order valence-corrected chi connectivity index (χ0v) is 17.8. The van der Waals surface area contributed by atoms with Gasteiger partial charge >= 0.3 is 0 Å². The van der Waals surface area contributed by atoms with Crippen LogP contribution in [0, 0.1) is 0 Å². The van der Waals surface area contributed by atoms with Crippen LogP contribution in [-0.2, 0) is 33.5 Å². The number of halogens is 1. The van der Waals surface area contributed by atoms with Crippen LogP contribution in [0.4, 0.5) is 0 Å². The van der Waals surface area contributed by atoms with Crippen molar-refractivity contribution in [3.05, 3.63) is 70.2 Å². The first-order chi connectivity index (χ1) is 13.2. The maximum absolute atomic E-state index is 12.0. The molecule has 2 N–H and O–H groups in total. The fourth-order valence-corrected chi connectivity index (χ4v) is 4.33. The molecule has 0 saturated carbocycles. The summed E-state index contributed by atoms with van der Waals surface area (Å²) in [5.74, 6) is -0.0514. The Hall–Kier alpha value is -1.89. The molecule has 7 heteroatoms. The summed E-state index contributed by atoms with van der Waals surface area (Å²) in [6.07, 6.45) is 2.06. The summed E-state index contributed by atoms with van der Waals surface area (Å²) in [7, 11) is -3.34. The fraction of sp³-hybridized carbons (Fsp3) is 0.381. The van der Waals surface area contributed by atoms with E-state index in [1.807, 2.05) is 36.4 Å². The molecule has 0 radical (unpaired) electrons. The van der Waals surface area contributed by atoms with Gasteiger partial charge in [0.1, 0.15) is 0 Å². The minimum Gasteiger partial charge on any atom is -0.352 e. The summed E-state index contributed by atoms with van der Waals surface area (Å²) in [5, 5.41) is 3.61. The zero-order chi connectivity index (χ0) is 20.6. The Bertz CT molecular complexity index is 864. The van der Waals surface area contributed by atoms with Crippen LogP contribution < -0.4 is 10.0 Å². The molecule has 0 aliphatic carbocycles. The number of rotatable bonds is 10. The average Bonchev–Trinajstić information content (AvgIpc) is 2.61. The number of sulfonamides is 1. The topological polar surface area (TPSA) is 75.3 Å². The van der Waals surface area contributed by atoms with E-state index in [1.165, 1.54) is 0 Å². The number of amides is 1. The molecule has 0 spiro atoms. The molecule has 0 heterocycles. The molecule has 5 nitrogen and oxygen atoms in total. The van der Waals surface area contributed by atoms with E-state index in [1.54, 1.807) is 26.0 Å². The van der Waals surface area contributed by atoms with Crippen LogP contribution in [0.2, 0.25) is 5.02 Å². The van der Waals surface area contributed by atoms with E-state index in [4.69, 9.17) is 11.6 Å². The lowest BCUT2D eigenvalue weighted by Crippen LogP contribution is -2.31. The molecule has 0 aromatic heterocycles. The van der Waals surface area contributed by atoms with Crippen molar-refractivity contribution in [2.45, 2.75) is 51.4 Å². The summed E-state index contributed by atoms with van der Waals surface area (Å²) < 4.78 is 26.5. The zero-order valence-electron chi connectivity index (χ0n) is 16.2. The van der Waals surface area contributed by atoms with Crippen LogP contribution in [0.3, 0.4) is 0 Å². The van der Waals surface area contributed by atoms with Gasteiger partial charge in [-0.2, -0.15) is 0 Å². The molecule has 0 atom stereocenters. The van der Waals surface area contributed by atoms with E-state index in [-0.39, 0.29) is 17.7 Å². The van der Waals surface area contributed by atoms with Crippen molar-refractivity contribution in [1.82, 2.24) is 10.0 Å². The highest BCUT2D eigenvalue weighted by atomic mass is 35.5. The predicted octanol–water partition coefficient (Wildman–Crippen LogP) is 3.81. The first-order valence-electron chi connectivity index (χ1n) is 9.32. The molecule has 1 amide bonds. The van der Waals surface area contributed by atoms with Gasteiger partial charge in [0.05, 0.1) is 5.75 Å². The lowest BCUT2D eigenvalue weighted by molar-refractivity contribution is -0.121. The van der Waals surface area contributed by atoms with Crippen molar-refractivity contribution in [3.8, 4) is 0 Å². The van der Waals surface area contributed by atoms with Crippen LogP contribution in [-0.4, -0.2) is 20.4 Å². The third-order valence-corrected chi connectivity index (χ3v) is 5.86. The minimum atomic E-state index is -3.34. The summed E-state index contributed by atoms with van der Waals surface area (Å²) in [6, 6.07) is 14.8. The smallest absolute Gasteiger partial charge is 0.220 e. The third-order valence-electron chi connectivity index (χ3n) is 4.07. The van der Waals surface area contributed by atoms with Crippen LogP contribution >= 0.6 is 11.6 Å². The molecule has 0 unspecified atom stereocenters. The first-order valence-corrected chi connectivity index (χ1v) is 11.4. The van der Waals surface area contributed by atoms with E-state index >= 15 is 0 Å².